The molecule has 5 N–H and O–H groups in total. The number of sulfonamides is 1. The van der Waals surface area contributed by atoms with Gasteiger partial charge in [-0.05, 0) is 24.1 Å². The zero-order chi connectivity index (χ0) is 20.5. The van der Waals surface area contributed by atoms with Crippen LogP contribution < -0.4 is 15.2 Å². The first-order chi connectivity index (χ1) is 13.2. The number of benzene rings is 1. The Morgan fingerprint density at radius 1 is 1.32 bits per heavy atom. The molecule has 9 nitrogen and oxygen atoms in total. The van der Waals surface area contributed by atoms with E-state index in [4.69, 9.17) is 15.6 Å². The number of fused-ring (bicyclic) bond motifs is 3. The lowest BCUT2D eigenvalue weighted by molar-refractivity contribution is 0.0996. The maximum Gasteiger partial charge on any atom is 0.269 e. The van der Waals surface area contributed by atoms with Crippen LogP contribution in [0.4, 0.5) is 0 Å². The number of aromatic amines is 1. The molecule has 0 saturated carbocycles. The number of hydrogen-bond acceptors (Lipinski definition) is 6. The number of nitrogens with two attached hydrogens (primary N) is 1. The van der Waals surface area contributed by atoms with E-state index in [9.17, 15) is 13.2 Å². The lowest BCUT2D eigenvalue weighted by atomic mass is 10.1. The minimum Gasteiger partial charge on any atom is -0.477 e. The summed E-state index contributed by atoms with van der Waals surface area (Å²) < 4.78 is 32.7. The fourth-order valence-corrected chi connectivity index (χ4v) is 3.83. The highest BCUT2D eigenvalue weighted by Crippen LogP contribution is 2.31. The number of pyridine rings is 1. The lowest BCUT2D eigenvalue weighted by Gasteiger charge is -2.09. The smallest absolute Gasteiger partial charge is 0.269 e. The summed E-state index contributed by atoms with van der Waals surface area (Å²) in [5, 5.41) is 10.0. The van der Waals surface area contributed by atoms with Gasteiger partial charge in [-0.2, -0.15) is 0 Å². The summed E-state index contributed by atoms with van der Waals surface area (Å²) in [5.74, 6) is -0.224. The van der Waals surface area contributed by atoms with Crippen LogP contribution in [-0.4, -0.2) is 49.2 Å². The Morgan fingerprint density at radius 2 is 2.07 bits per heavy atom. The fourth-order valence-electron chi connectivity index (χ4n) is 2.79. The molecule has 0 fully saturated rings. The van der Waals surface area contributed by atoms with Crippen LogP contribution in [0.3, 0.4) is 0 Å². The summed E-state index contributed by atoms with van der Waals surface area (Å²) in [4.78, 5) is 19.2. The van der Waals surface area contributed by atoms with Crippen molar-refractivity contribution in [3.8, 4) is 5.88 Å². The van der Waals surface area contributed by atoms with Gasteiger partial charge in [-0.25, -0.2) is 18.1 Å². The highest BCUT2D eigenvalue weighted by Gasteiger charge is 2.19. The van der Waals surface area contributed by atoms with Crippen molar-refractivity contribution in [1.29, 1.82) is 0 Å². The molecule has 0 saturated heterocycles. The van der Waals surface area contributed by atoms with Crippen LogP contribution in [0.1, 0.15) is 24.3 Å². The number of carbonyl (C=O) groups is 1. The molecule has 150 valence electrons. The van der Waals surface area contributed by atoms with Crippen LogP contribution in [0.25, 0.3) is 21.8 Å². The number of nitrogens with one attached hydrogen (secondary N) is 2. The largest absolute Gasteiger partial charge is 0.477 e. The quantitative estimate of drug-likeness (QED) is 0.441. The van der Waals surface area contributed by atoms with E-state index < -0.39 is 15.9 Å². The number of ether oxygens (including phenoxy) is 1. The number of rotatable bonds is 8. The third-order valence-electron chi connectivity index (χ3n) is 4.05. The van der Waals surface area contributed by atoms with Crippen molar-refractivity contribution < 1.29 is 23.1 Å². The second-order valence-electron chi connectivity index (χ2n) is 6.75. The van der Waals surface area contributed by atoms with E-state index in [1.165, 1.54) is 12.1 Å². The molecule has 0 aliphatic rings. The SMILES string of the molecule is CC(C)COc1cc2c([nH]c3ccc(S(=O)(=O)NCCO)cc32)c(C(N)=O)n1. The minimum atomic E-state index is -3.78. The lowest BCUT2D eigenvalue weighted by Crippen LogP contribution is -2.26. The number of aliphatic hydroxyl groups is 1. The number of aromatic nitrogens is 2. The molecular weight excluding hydrogens is 384 g/mol. The maximum absolute atomic E-state index is 12.4. The molecule has 3 rings (SSSR count). The second kappa shape index (κ2) is 7.74. The fraction of sp³-hybridized carbons (Fsp3) is 0.333. The van der Waals surface area contributed by atoms with Gasteiger partial charge in [0.05, 0.1) is 23.6 Å². The summed E-state index contributed by atoms with van der Waals surface area (Å²) in [5.41, 5.74) is 6.54. The molecule has 1 aromatic carbocycles. The van der Waals surface area contributed by atoms with Crippen LogP contribution in [0.15, 0.2) is 29.2 Å². The van der Waals surface area contributed by atoms with Gasteiger partial charge in [0.15, 0.2) is 5.69 Å². The van der Waals surface area contributed by atoms with Crippen LogP contribution >= 0.6 is 0 Å². The maximum atomic E-state index is 12.4. The number of hydrogen-bond donors (Lipinski definition) is 4. The molecule has 0 radical (unpaired) electrons. The standard InChI is InChI=1S/C18H22N4O5S/c1-10(2)9-27-15-8-13-12-7-11(28(25,26)20-5-6-23)3-4-14(12)21-16(13)17(22-15)18(19)24/h3-4,7-8,10,20-21,23H,5-6,9H2,1-2H3,(H2,19,24). The molecule has 0 aliphatic carbocycles. The van der Waals surface area contributed by atoms with Crippen LogP contribution in [-0.2, 0) is 10.0 Å². The van der Waals surface area contributed by atoms with Gasteiger partial charge in [-0.3, -0.25) is 4.79 Å². The van der Waals surface area contributed by atoms with Gasteiger partial charge in [-0.15, -0.1) is 0 Å². The van der Waals surface area contributed by atoms with Crippen molar-refractivity contribution >= 4 is 37.7 Å². The van der Waals surface area contributed by atoms with E-state index in [-0.39, 0.29) is 35.5 Å². The Labute approximate surface area is 161 Å². The van der Waals surface area contributed by atoms with E-state index in [1.54, 1.807) is 12.1 Å². The van der Waals surface area contributed by atoms with Gasteiger partial charge in [0.25, 0.3) is 5.91 Å². The van der Waals surface area contributed by atoms with Gasteiger partial charge in [-0.1, -0.05) is 13.8 Å². The Hall–Kier alpha value is -2.69. The number of aliphatic hydroxyl groups excluding tert-OH is 1. The Morgan fingerprint density at radius 3 is 2.71 bits per heavy atom. The topological polar surface area (TPSA) is 147 Å². The molecule has 0 unspecified atom stereocenters. The number of nitrogens with zero attached hydrogens (tertiary/aromatic N) is 1. The van der Waals surface area contributed by atoms with Crippen molar-refractivity contribution in [3.05, 3.63) is 30.0 Å². The number of H-pyrrole nitrogens is 1. The molecule has 2 aromatic heterocycles. The van der Waals surface area contributed by atoms with E-state index in [0.29, 0.717) is 28.4 Å². The van der Waals surface area contributed by atoms with Gasteiger partial charge >= 0.3 is 0 Å². The third-order valence-corrected chi connectivity index (χ3v) is 5.51. The number of carbonyl (C=O) groups excluding carboxylic acids is 1. The van der Waals surface area contributed by atoms with Gasteiger partial charge < -0.3 is 20.6 Å². The molecule has 0 bridgehead atoms. The van der Waals surface area contributed by atoms with Crippen molar-refractivity contribution in [1.82, 2.24) is 14.7 Å². The van der Waals surface area contributed by atoms with Crippen LogP contribution in [0.2, 0.25) is 0 Å². The average molecular weight is 406 g/mol. The van der Waals surface area contributed by atoms with Gasteiger partial charge in [0, 0.05) is 28.9 Å². The molecule has 1 amide bonds. The van der Waals surface area contributed by atoms with Gasteiger partial charge in [0.2, 0.25) is 15.9 Å². The number of amides is 1. The summed E-state index contributed by atoms with van der Waals surface area (Å²) >= 11 is 0. The van der Waals surface area contributed by atoms with E-state index in [0.717, 1.165) is 0 Å². The van der Waals surface area contributed by atoms with Crippen molar-refractivity contribution in [3.63, 3.8) is 0 Å². The molecule has 0 aliphatic heterocycles. The first kappa shape index (κ1) is 20.1. The first-order valence-corrected chi connectivity index (χ1v) is 10.2. The monoisotopic (exact) mass is 406 g/mol. The summed E-state index contributed by atoms with van der Waals surface area (Å²) in [6.07, 6.45) is 0. The normalized spacial score (nSPS) is 12.1. The highest BCUT2D eigenvalue weighted by atomic mass is 32.2. The summed E-state index contributed by atoms with van der Waals surface area (Å²) in [7, 11) is -3.78. The summed E-state index contributed by atoms with van der Waals surface area (Å²) in [6.45, 7) is 3.98. The zero-order valence-electron chi connectivity index (χ0n) is 15.5. The Bertz CT molecular complexity index is 1140. The molecule has 0 spiro atoms. The van der Waals surface area contributed by atoms with Gasteiger partial charge in [0.1, 0.15) is 0 Å². The third kappa shape index (κ3) is 3.93. The van der Waals surface area contributed by atoms with E-state index in [1.807, 2.05) is 13.8 Å². The van der Waals surface area contributed by atoms with Crippen molar-refractivity contribution in [2.75, 3.05) is 19.8 Å². The molecule has 28 heavy (non-hydrogen) atoms. The molecule has 2 heterocycles. The van der Waals surface area contributed by atoms with Crippen LogP contribution in [0.5, 0.6) is 5.88 Å². The molecular formula is C18H22N4O5S. The van der Waals surface area contributed by atoms with Crippen molar-refractivity contribution in [2.45, 2.75) is 18.7 Å². The summed E-state index contributed by atoms with van der Waals surface area (Å²) in [6, 6.07) is 6.18. The van der Waals surface area contributed by atoms with E-state index in [2.05, 4.69) is 14.7 Å². The number of primary amides is 1. The molecule has 10 heteroatoms. The first-order valence-electron chi connectivity index (χ1n) is 8.72. The predicted molar refractivity (Wildman–Crippen MR) is 105 cm³/mol. The molecule has 3 aromatic rings. The Balaban J connectivity index is 2.19. The van der Waals surface area contributed by atoms with Crippen molar-refractivity contribution in [2.24, 2.45) is 11.7 Å². The second-order valence-corrected chi connectivity index (χ2v) is 8.52. The predicted octanol–water partition coefficient (Wildman–Crippen LogP) is 1.12. The average Bonchev–Trinajstić information content (AvgIpc) is 3.01. The van der Waals surface area contributed by atoms with E-state index >= 15 is 0 Å². The highest BCUT2D eigenvalue weighted by molar-refractivity contribution is 7.89. The minimum absolute atomic E-state index is 0.0234. The Kier molecular flexibility index (Phi) is 5.54. The molecule has 0 atom stereocenters. The van der Waals surface area contributed by atoms with Crippen LogP contribution in [0, 0.1) is 5.92 Å². The zero-order valence-corrected chi connectivity index (χ0v) is 16.3.